The SMILES string of the molecule is CCOC(=O)c1nccc2c1CN2. The Kier molecular flexibility index (Phi) is 1.88. The van der Waals surface area contributed by atoms with E-state index in [4.69, 9.17) is 4.74 Å². The molecule has 1 aromatic rings. The second kappa shape index (κ2) is 3.05. The van der Waals surface area contributed by atoms with Crippen LogP contribution in [0.5, 0.6) is 0 Å². The van der Waals surface area contributed by atoms with Crippen molar-refractivity contribution in [1.29, 1.82) is 0 Å². The number of fused-ring (bicyclic) bond motifs is 1. The number of rotatable bonds is 2. The van der Waals surface area contributed by atoms with E-state index >= 15 is 0 Å². The van der Waals surface area contributed by atoms with Crippen LogP contribution in [0, 0.1) is 0 Å². The van der Waals surface area contributed by atoms with Crippen LogP contribution >= 0.6 is 0 Å². The second-order valence-corrected chi connectivity index (χ2v) is 2.76. The number of anilines is 1. The summed E-state index contributed by atoms with van der Waals surface area (Å²) in [6, 6.07) is 1.85. The van der Waals surface area contributed by atoms with Gasteiger partial charge in [-0.15, -0.1) is 0 Å². The Morgan fingerprint density at radius 3 is 3.23 bits per heavy atom. The molecule has 13 heavy (non-hydrogen) atoms. The molecular formula is C9H10N2O2. The quantitative estimate of drug-likeness (QED) is 0.691. The van der Waals surface area contributed by atoms with Gasteiger partial charge < -0.3 is 10.1 Å². The molecule has 0 atom stereocenters. The molecule has 1 aliphatic heterocycles. The van der Waals surface area contributed by atoms with Gasteiger partial charge in [-0.2, -0.15) is 0 Å². The Morgan fingerprint density at radius 1 is 1.77 bits per heavy atom. The van der Waals surface area contributed by atoms with Crippen LogP contribution in [-0.2, 0) is 11.3 Å². The second-order valence-electron chi connectivity index (χ2n) is 2.76. The summed E-state index contributed by atoms with van der Waals surface area (Å²) in [7, 11) is 0. The lowest BCUT2D eigenvalue weighted by Crippen LogP contribution is -2.21. The van der Waals surface area contributed by atoms with Crippen molar-refractivity contribution in [3.63, 3.8) is 0 Å². The minimum absolute atomic E-state index is 0.333. The van der Waals surface area contributed by atoms with Crippen LogP contribution in [0.3, 0.4) is 0 Å². The van der Waals surface area contributed by atoms with Gasteiger partial charge in [-0.1, -0.05) is 0 Å². The topological polar surface area (TPSA) is 51.2 Å². The number of aromatic nitrogens is 1. The maximum atomic E-state index is 11.3. The van der Waals surface area contributed by atoms with Crippen LogP contribution in [0.15, 0.2) is 12.3 Å². The van der Waals surface area contributed by atoms with Crippen LogP contribution in [0.25, 0.3) is 0 Å². The van der Waals surface area contributed by atoms with E-state index in [0.717, 1.165) is 11.3 Å². The van der Waals surface area contributed by atoms with Gasteiger partial charge in [-0.3, -0.25) is 0 Å². The van der Waals surface area contributed by atoms with Crippen molar-refractivity contribution >= 4 is 11.7 Å². The molecule has 68 valence electrons. The first-order valence-corrected chi connectivity index (χ1v) is 4.21. The summed E-state index contributed by atoms with van der Waals surface area (Å²) in [6.45, 7) is 2.88. The van der Waals surface area contributed by atoms with Crippen molar-refractivity contribution in [1.82, 2.24) is 4.98 Å². The molecule has 0 unspecified atom stereocenters. The Bertz CT molecular complexity index is 349. The van der Waals surface area contributed by atoms with Gasteiger partial charge in [0.25, 0.3) is 0 Å². The van der Waals surface area contributed by atoms with Crippen LogP contribution in [0.4, 0.5) is 5.69 Å². The van der Waals surface area contributed by atoms with Crippen molar-refractivity contribution in [2.24, 2.45) is 0 Å². The van der Waals surface area contributed by atoms with Gasteiger partial charge >= 0.3 is 5.97 Å². The lowest BCUT2D eigenvalue weighted by Gasteiger charge is -2.22. The maximum Gasteiger partial charge on any atom is 0.357 e. The highest BCUT2D eigenvalue weighted by atomic mass is 16.5. The standard InChI is InChI=1S/C9H10N2O2/c1-2-13-9(12)8-6-5-11-7(6)3-4-10-8/h3-4,11H,2,5H2,1H3. The average Bonchev–Trinajstić information content (AvgIpc) is 2.07. The molecule has 0 aromatic carbocycles. The van der Waals surface area contributed by atoms with E-state index in [-0.39, 0.29) is 5.97 Å². The van der Waals surface area contributed by atoms with Gasteiger partial charge in [-0.25, -0.2) is 9.78 Å². The first-order valence-electron chi connectivity index (χ1n) is 4.21. The molecule has 1 aliphatic rings. The Balaban J connectivity index is 2.30. The molecule has 0 bridgehead atoms. The van der Waals surface area contributed by atoms with E-state index in [9.17, 15) is 4.79 Å². The fourth-order valence-corrected chi connectivity index (χ4v) is 1.29. The molecular weight excluding hydrogens is 168 g/mol. The highest BCUT2D eigenvalue weighted by Gasteiger charge is 2.22. The third-order valence-electron chi connectivity index (χ3n) is 1.98. The summed E-state index contributed by atoms with van der Waals surface area (Å²) >= 11 is 0. The van der Waals surface area contributed by atoms with Crippen molar-refractivity contribution in [2.45, 2.75) is 13.5 Å². The van der Waals surface area contributed by atoms with Crippen LogP contribution in [0.1, 0.15) is 23.0 Å². The largest absolute Gasteiger partial charge is 0.461 e. The summed E-state index contributed by atoms with van der Waals surface area (Å²) < 4.78 is 4.87. The Labute approximate surface area is 75.9 Å². The van der Waals surface area contributed by atoms with Gasteiger partial charge in [0.1, 0.15) is 0 Å². The smallest absolute Gasteiger partial charge is 0.357 e. The predicted molar refractivity (Wildman–Crippen MR) is 47.5 cm³/mol. The summed E-state index contributed by atoms with van der Waals surface area (Å²) in [5, 5.41) is 3.08. The molecule has 4 heteroatoms. The summed E-state index contributed by atoms with van der Waals surface area (Å²) in [4.78, 5) is 15.3. The maximum absolute atomic E-state index is 11.3. The van der Waals surface area contributed by atoms with E-state index < -0.39 is 0 Å². The van der Waals surface area contributed by atoms with Gasteiger partial charge in [0, 0.05) is 24.0 Å². The lowest BCUT2D eigenvalue weighted by molar-refractivity contribution is 0.0518. The highest BCUT2D eigenvalue weighted by molar-refractivity contribution is 5.91. The summed E-state index contributed by atoms with van der Waals surface area (Å²) in [6.07, 6.45) is 1.61. The van der Waals surface area contributed by atoms with Crippen molar-refractivity contribution < 1.29 is 9.53 Å². The number of esters is 1. The van der Waals surface area contributed by atoms with Crippen molar-refractivity contribution in [3.8, 4) is 0 Å². The number of ether oxygens (including phenoxy) is 1. The molecule has 0 spiro atoms. The molecule has 2 heterocycles. The highest BCUT2D eigenvalue weighted by Crippen LogP contribution is 2.27. The molecule has 0 saturated heterocycles. The summed E-state index contributed by atoms with van der Waals surface area (Å²) in [5.74, 6) is -0.333. The van der Waals surface area contributed by atoms with E-state index in [2.05, 4.69) is 10.3 Å². The molecule has 1 aromatic heterocycles. The van der Waals surface area contributed by atoms with Crippen LogP contribution < -0.4 is 5.32 Å². The molecule has 0 fully saturated rings. The number of hydrogen-bond donors (Lipinski definition) is 1. The minimum atomic E-state index is -0.333. The van der Waals surface area contributed by atoms with E-state index in [1.807, 2.05) is 6.07 Å². The molecule has 0 radical (unpaired) electrons. The number of nitrogens with one attached hydrogen (secondary N) is 1. The Morgan fingerprint density at radius 2 is 2.62 bits per heavy atom. The molecule has 4 nitrogen and oxygen atoms in total. The number of carbonyl (C=O) groups is 1. The molecule has 0 amide bonds. The average molecular weight is 178 g/mol. The number of nitrogens with zero attached hydrogens (tertiary/aromatic N) is 1. The summed E-state index contributed by atoms with van der Waals surface area (Å²) in [5.41, 5.74) is 2.39. The Hall–Kier alpha value is -1.58. The number of hydrogen-bond acceptors (Lipinski definition) is 4. The van der Waals surface area contributed by atoms with Gasteiger partial charge in [0.05, 0.1) is 6.61 Å². The predicted octanol–water partition coefficient (Wildman–Crippen LogP) is 1.18. The van der Waals surface area contributed by atoms with Gasteiger partial charge in [0.2, 0.25) is 0 Å². The molecule has 2 rings (SSSR count). The monoisotopic (exact) mass is 178 g/mol. The van der Waals surface area contributed by atoms with Crippen molar-refractivity contribution in [3.05, 3.63) is 23.5 Å². The molecule has 0 aliphatic carbocycles. The number of carbonyl (C=O) groups excluding carboxylic acids is 1. The van der Waals surface area contributed by atoms with Gasteiger partial charge in [0.15, 0.2) is 5.69 Å². The molecule has 0 saturated carbocycles. The molecule has 1 N–H and O–H groups in total. The van der Waals surface area contributed by atoms with E-state index in [1.165, 1.54) is 0 Å². The van der Waals surface area contributed by atoms with Crippen LogP contribution in [0.2, 0.25) is 0 Å². The first-order chi connectivity index (χ1) is 6.33. The normalized spacial score (nSPS) is 12.4. The van der Waals surface area contributed by atoms with E-state index in [1.54, 1.807) is 13.1 Å². The lowest BCUT2D eigenvalue weighted by atomic mass is 10.1. The van der Waals surface area contributed by atoms with Crippen molar-refractivity contribution in [2.75, 3.05) is 11.9 Å². The number of pyridine rings is 1. The fraction of sp³-hybridized carbons (Fsp3) is 0.333. The first kappa shape index (κ1) is 8.04. The van der Waals surface area contributed by atoms with E-state index in [0.29, 0.717) is 18.8 Å². The third kappa shape index (κ3) is 1.24. The zero-order valence-corrected chi connectivity index (χ0v) is 7.33. The third-order valence-corrected chi connectivity index (χ3v) is 1.98. The minimum Gasteiger partial charge on any atom is -0.461 e. The van der Waals surface area contributed by atoms with Gasteiger partial charge in [-0.05, 0) is 13.0 Å². The zero-order valence-electron chi connectivity index (χ0n) is 7.33. The zero-order chi connectivity index (χ0) is 9.26. The van der Waals surface area contributed by atoms with Crippen LogP contribution in [-0.4, -0.2) is 17.6 Å². The fourth-order valence-electron chi connectivity index (χ4n) is 1.29.